The molecule has 0 spiro atoms. The van der Waals surface area contributed by atoms with Gasteiger partial charge in [-0.25, -0.2) is 0 Å². The Kier molecular flexibility index (Phi) is 6.18. The number of rotatable bonds is 5. The Hall–Kier alpha value is -3.65. The van der Waals surface area contributed by atoms with Crippen molar-refractivity contribution in [3.05, 3.63) is 58.8 Å². The van der Waals surface area contributed by atoms with Gasteiger partial charge >= 0.3 is 0 Å². The zero-order chi connectivity index (χ0) is 24.6. The molecular formula is C26H29N3O5. The number of hydrogen-bond acceptors (Lipinski definition) is 6. The standard InChI is InChI=1S/C26H29N3O5/c1-14-15(2)23-19(16(3)22(14)31)9-10-26(4,34-23)25(33)29-21(13-30)24(32)28-18-7-8-20-17(12-18)6-5-11-27-20/h5-8,11-12,21,30-31H,9-10,13H2,1-4H3,(H,28,32)(H,29,33)/t21-,26?/m0/s1. The minimum Gasteiger partial charge on any atom is -0.507 e. The van der Waals surface area contributed by atoms with E-state index in [2.05, 4.69) is 15.6 Å². The quantitative estimate of drug-likeness (QED) is 0.462. The lowest BCUT2D eigenvalue weighted by Crippen LogP contribution is -2.56. The van der Waals surface area contributed by atoms with Crippen molar-refractivity contribution < 1.29 is 24.5 Å². The van der Waals surface area contributed by atoms with Crippen molar-refractivity contribution in [1.82, 2.24) is 10.3 Å². The fraction of sp³-hybridized carbons (Fsp3) is 0.346. The number of amides is 2. The molecule has 1 unspecified atom stereocenters. The predicted octanol–water partition coefficient (Wildman–Crippen LogP) is 3.07. The number of ether oxygens (including phenoxy) is 1. The number of phenols is 1. The van der Waals surface area contributed by atoms with E-state index >= 15 is 0 Å². The lowest BCUT2D eigenvalue weighted by atomic mass is 9.86. The van der Waals surface area contributed by atoms with Crippen LogP contribution in [0, 0.1) is 20.8 Å². The van der Waals surface area contributed by atoms with E-state index in [1.165, 1.54) is 0 Å². The first-order valence-corrected chi connectivity index (χ1v) is 11.2. The largest absolute Gasteiger partial charge is 0.507 e. The fourth-order valence-electron chi connectivity index (χ4n) is 4.30. The second kappa shape index (κ2) is 8.95. The Bertz CT molecular complexity index is 1290. The fourth-order valence-corrected chi connectivity index (χ4v) is 4.30. The highest BCUT2D eigenvalue weighted by Gasteiger charge is 2.42. The first-order chi connectivity index (χ1) is 16.1. The number of benzene rings is 2. The summed E-state index contributed by atoms with van der Waals surface area (Å²) in [6.45, 7) is 6.60. The third-order valence-corrected chi connectivity index (χ3v) is 6.67. The van der Waals surface area contributed by atoms with Gasteiger partial charge in [0.15, 0.2) is 5.60 Å². The number of aromatic nitrogens is 1. The summed E-state index contributed by atoms with van der Waals surface area (Å²) in [5.41, 5.74) is 3.22. The Morgan fingerprint density at radius 3 is 2.68 bits per heavy atom. The minimum atomic E-state index is -1.23. The van der Waals surface area contributed by atoms with Gasteiger partial charge in [0, 0.05) is 29.3 Å². The van der Waals surface area contributed by atoms with E-state index in [9.17, 15) is 19.8 Å². The van der Waals surface area contributed by atoms with E-state index in [0.717, 1.165) is 27.6 Å². The SMILES string of the molecule is Cc1c(C)c2c(c(C)c1O)CCC(C)(C(=O)N[C@@H](CO)C(=O)Nc1ccc3ncccc3c1)O2. The number of carbonyl (C=O) groups is 2. The number of nitrogens with one attached hydrogen (secondary N) is 2. The highest BCUT2D eigenvalue weighted by atomic mass is 16.5. The molecule has 0 saturated carbocycles. The van der Waals surface area contributed by atoms with Crippen LogP contribution in [0.4, 0.5) is 5.69 Å². The van der Waals surface area contributed by atoms with Crippen molar-refractivity contribution in [2.45, 2.75) is 52.2 Å². The molecule has 4 rings (SSSR count). The van der Waals surface area contributed by atoms with E-state index in [4.69, 9.17) is 4.74 Å². The van der Waals surface area contributed by atoms with E-state index in [-0.39, 0.29) is 5.75 Å². The van der Waals surface area contributed by atoms with Crippen molar-refractivity contribution in [1.29, 1.82) is 0 Å². The van der Waals surface area contributed by atoms with Crippen LogP contribution in [0.1, 0.15) is 35.6 Å². The molecule has 2 heterocycles. The third kappa shape index (κ3) is 4.17. The van der Waals surface area contributed by atoms with E-state index in [0.29, 0.717) is 29.8 Å². The minimum absolute atomic E-state index is 0.245. The van der Waals surface area contributed by atoms with Gasteiger partial charge in [-0.05, 0) is 75.1 Å². The molecule has 1 aliphatic heterocycles. The summed E-state index contributed by atoms with van der Waals surface area (Å²) in [7, 11) is 0. The summed E-state index contributed by atoms with van der Waals surface area (Å²) in [6, 6.07) is 7.82. The van der Waals surface area contributed by atoms with Crippen LogP contribution in [-0.4, -0.2) is 45.3 Å². The maximum Gasteiger partial charge on any atom is 0.264 e. The average molecular weight is 464 g/mol. The third-order valence-electron chi connectivity index (χ3n) is 6.67. The first-order valence-electron chi connectivity index (χ1n) is 11.2. The number of nitrogens with zero attached hydrogens (tertiary/aromatic N) is 1. The van der Waals surface area contributed by atoms with Crippen molar-refractivity contribution in [2.75, 3.05) is 11.9 Å². The van der Waals surface area contributed by atoms with Gasteiger partial charge < -0.3 is 25.6 Å². The van der Waals surface area contributed by atoms with Crippen LogP contribution in [-0.2, 0) is 16.0 Å². The molecule has 3 aromatic rings. The number of hydrogen-bond donors (Lipinski definition) is 4. The Balaban J connectivity index is 1.49. The van der Waals surface area contributed by atoms with Crippen molar-refractivity contribution in [3.63, 3.8) is 0 Å². The number of pyridine rings is 1. The van der Waals surface area contributed by atoms with Crippen LogP contribution in [0.5, 0.6) is 11.5 Å². The number of phenolic OH excluding ortho intramolecular Hbond substituents is 1. The monoisotopic (exact) mass is 463 g/mol. The zero-order valence-electron chi connectivity index (χ0n) is 19.7. The smallest absolute Gasteiger partial charge is 0.264 e. The van der Waals surface area contributed by atoms with Gasteiger partial charge in [-0.2, -0.15) is 0 Å². The van der Waals surface area contributed by atoms with Gasteiger partial charge in [-0.3, -0.25) is 14.6 Å². The maximum absolute atomic E-state index is 13.2. The second-order valence-corrected chi connectivity index (χ2v) is 8.97. The Morgan fingerprint density at radius 1 is 1.18 bits per heavy atom. The summed E-state index contributed by atoms with van der Waals surface area (Å²) >= 11 is 0. The molecule has 1 aromatic heterocycles. The van der Waals surface area contributed by atoms with Gasteiger partial charge in [0.05, 0.1) is 12.1 Å². The molecule has 2 aromatic carbocycles. The molecule has 178 valence electrons. The Labute approximate surface area is 198 Å². The number of aliphatic hydroxyl groups excluding tert-OH is 1. The van der Waals surface area contributed by atoms with Gasteiger partial charge in [-0.1, -0.05) is 6.07 Å². The van der Waals surface area contributed by atoms with Crippen molar-refractivity contribution in [3.8, 4) is 11.5 Å². The van der Waals surface area contributed by atoms with Crippen molar-refractivity contribution in [2.24, 2.45) is 0 Å². The number of aliphatic hydroxyl groups is 1. The van der Waals surface area contributed by atoms with E-state index in [1.807, 2.05) is 26.8 Å². The molecule has 2 atom stereocenters. The summed E-state index contributed by atoms with van der Waals surface area (Å²) in [5, 5.41) is 26.4. The zero-order valence-corrected chi connectivity index (χ0v) is 19.7. The average Bonchev–Trinajstić information content (AvgIpc) is 2.84. The molecule has 34 heavy (non-hydrogen) atoms. The van der Waals surface area contributed by atoms with Crippen LogP contribution in [0.2, 0.25) is 0 Å². The number of carbonyl (C=O) groups excluding carboxylic acids is 2. The maximum atomic E-state index is 13.2. The van der Waals surface area contributed by atoms with Crippen LogP contribution >= 0.6 is 0 Å². The van der Waals surface area contributed by atoms with E-state index in [1.54, 1.807) is 37.4 Å². The highest BCUT2D eigenvalue weighted by Crippen LogP contribution is 2.43. The summed E-state index contributed by atoms with van der Waals surface area (Å²) in [5.74, 6) is -0.189. The van der Waals surface area contributed by atoms with Gasteiger partial charge in [0.2, 0.25) is 5.91 Å². The first kappa shape index (κ1) is 23.5. The molecule has 8 heteroatoms. The van der Waals surface area contributed by atoms with Gasteiger partial charge in [0.1, 0.15) is 17.5 Å². The normalized spacial score (nSPS) is 18.0. The Morgan fingerprint density at radius 2 is 1.94 bits per heavy atom. The molecule has 0 saturated heterocycles. The lowest BCUT2D eigenvalue weighted by molar-refractivity contribution is -0.140. The number of aromatic hydroxyl groups is 1. The molecule has 0 fully saturated rings. The van der Waals surface area contributed by atoms with Crippen LogP contribution in [0.25, 0.3) is 10.9 Å². The van der Waals surface area contributed by atoms with E-state index < -0.39 is 30.1 Å². The molecule has 8 nitrogen and oxygen atoms in total. The molecule has 4 N–H and O–H groups in total. The molecular weight excluding hydrogens is 434 g/mol. The lowest BCUT2D eigenvalue weighted by Gasteiger charge is -2.37. The summed E-state index contributed by atoms with van der Waals surface area (Å²) in [4.78, 5) is 30.3. The summed E-state index contributed by atoms with van der Waals surface area (Å²) < 4.78 is 6.18. The molecule has 1 aliphatic rings. The summed E-state index contributed by atoms with van der Waals surface area (Å²) in [6.07, 6.45) is 2.60. The number of fused-ring (bicyclic) bond motifs is 2. The highest BCUT2D eigenvalue weighted by molar-refractivity contribution is 5.99. The van der Waals surface area contributed by atoms with Crippen LogP contribution in [0.15, 0.2) is 36.5 Å². The topological polar surface area (TPSA) is 121 Å². The molecule has 0 aliphatic carbocycles. The van der Waals surface area contributed by atoms with Gasteiger partial charge in [0.25, 0.3) is 5.91 Å². The van der Waals surface area contributed by atoms with Crippen molar-refractivity contribution >= 4 is 28.4 Å². The molecule has 0 bridgehead atoms. The van der Waals surface area contributed by atoms with Crippen LogP contribution in [0.3, 0.4) is 0 Å². The predicted molar refractivity (Wildman–Crippen MR) is 129 cm³/mol. The van der Waals surface area contributed by atoms with Crippen LogP contribution < -0.4 is 15.4 Å². The number of anilines is 1. The second-order valence-electron chi connectivity index (χ2n) is 8.97. The molecule has 2 amide bonds. The molecule has 0 radical (unpaired) electrons. The van der Waals surface area contributed by atoms with Gasteiger partial charge in [-0.15, -0.1) is 0 Å².